The molecule has 11 rings (SSSR count). The standard InChI is InChI=1S/C52H31BN4O2/c54-32-34-16-7-13-26-42(34)56(36-18-3-1-4-19-36)44-30-48-50(40-24-11-9-22-38(40)44)53-51-41-25-12-10-23-39(41)45(31-49(51)59-47-29-15-28-46(58-48)52(47)53)57(37-20-5-2-6-21-37)43-27-14-8-17-35(43)33-55/h1-31H. The Kier molecular flexibility index (Phi) is 7.93. The maximum Gasteiger partial charge on any atom is 0.262 e. The largest absolute Gasteiger partial charge is 0.458 e. The molecule has 0 spiro atoms. The summed E-state index contributed by atoms with van der Waals surface area (Å²) in [6.45, 7) is -0.250. The molecule has 59 heavy (non-hydrogen) atoms. The third-order valence-electron chi connectivity index (χ3n) is 11.4. The highest BCUT2D eigenvalue weighted by atomic mass is 16.5. The first-order valence-electron chi connectivity index (χ1n) is 19.5. The van der Waals surface area contributed by atoms with Crippen LogP contribution in [0.2, 0.25) is 0 Å². The van der Waals surface area contributed by atoms with Crippen molar-refractivity contribution in [3.63, 3.8) is 0 Å². The van der Waals surface area contributed by atoms with Gasteiger partial charge >= 0.3 is 0 Å². The topological polar surface area (TPSA) is 72.5 Å². The fraction of sp³-hybridized carbons (Fsp3) is 0. The van der Waals surface area contributed by atoms with Crippen LogP contribution in [0.4, 0.5) is 34.1 Å². The van der Waals surface area contributed by atoms with Crippen molar-refractivity contribution in [2.45, 2.75) is 0 Å². The molecule has 2 heterocycles. The van der Waals surface area contributed by atoms with Crippen LogP contribution in [0.3, 0.4) is 0 Å². The normalized spacial score (nSPS) is 11.9. The van der Waals surface area contributed by atoms with Gasteiger partial charge in [0.25, 0.3) is 6.71 Å². The first-order valence-corrected chi connectivity index (χ1v) is 19.5. The summed E-state index contributed by atoms with van der Waals surface area (Å²) < 4.78 is 13.9. The molecule has 9 aromatic carbocycles. The van der Waals surface area contributed by atoms with E-state index in [-0.39, 0.29) is 6.71 Å². The first-order chi connectivity index (χ1) is 29.2. The summed E-state index contributed by atoms with van der Waals surface area (Å²) in [6.07, 6.45) is 0. The van der Waals surface area contributed by atoms with Crippen molar-refractivity contribution in [3.05, 3.63) is 199 Å². The number of nitrogens with zero attached hydrogens (tertiary/aromatic N) is 4. The Hall–Kier alpha value is -8.26. The van der Waals surface area contributed by atoms with Crippen LogP contribution in [0.15, 0.2) is 188 Å². The molecule has 2 aliphatic rings. The van der Waals surface area contributed by atoms with Crippen molar-refractivity contribution in [1.82, 2.24) is 0 Å². The molecule has 0 bridgehead atoms. The second kappa shape index (κ2) is 13.7. The van der Waals surface area contributed by atoms with E-state index in [1.807, 2.05) is 103 Å². The van der Waals surface area contributed by atoms with Crippen LogP contribution < -0.4 is 35.7 Å². The van der Waals surface area contributed by atoms with Gasteiger partial charge in [0, 0.05) is 39.7 Å². The minimum absolute atomic E-state index is 0.250. The maximum atomic E-state index is 10.3. The summed E-state index contributed by atoms with van der Waals surface area (Å²) >= 11 is 0. The summed E-state index contributed by atoms with van der Waals surface area (Å²) in [6, 6.07) is 67.9. The van der Waals surface area contributed by atoms with E-state index < -0.39 is 0 Å². The number of benzene rings is 9. The van der Waals surface area contributed by atoms with Gasteiger partial charge < -0.3 is 19.3 Å². The third kappa shape index (κ3) is 5.34. The highest BCUT2D eigenvalue weighted by Gasteiger charge is 2.43. The van der Waals surface area contributed by atoms with Crippen LogP contribution in [0.25, 0.3) is 21.5 Å². The fourth-order valence-electron chi connectivity index (χ4n) is 8.99. The Morgan fingerprint density at radius 3 is 1.19 bits per heavy atom. The predicted octanol–water partition coefficient (Wildman–Crippen LogP) is 11.4. The molecule has 0 fully saturated rings. The number of fused-ring (bicyclic) bond motifs is 8. The van der Waals surface area contributed by atoms with Gasteiger partial charge in [-0.25, -0.2) is 0 Å². The Balaban J connectivity index is 1.20. The molecule has 0 aromatic heterocycles. The molecule has 0 radical (unpaired) electrons. The van der Waals surface area contributed by atoms with E-state index in [0.717, 1.165) is 95.1 Å². The van der Waals surface area contributed by atoms with Crippen LogP contribution in [-0.2, 0) is 0 Å². The van der Waals surface area contributed by atoms with Gasteiger partial charge in [0.1, 0.15) is 35.1 Å². The van der Waals surface area contributed by atoms with E-state index in [0.29, 0.717) is 11.1 Å². The Bertz CT molecular complexity index is 3020. The minimum atomic E-state index is -0.250. The Morgan fingerprint density at radius 1 is 0.356 bits per heavy atom. The van der Waals surface area contributed by atoms with Crippen molar-refractivity contribution in [1.29, 1.82) is 10.5 Å². The molecule has 2 aliphatic heterocycles. The molecule has 0 atom stereocenters. The SMILES string of the molecule is N#Cc1ccccc1N(c1ccccc1)c1cc2c(c3ccccc13)B1c3c(cccc3Oc3cc(N(c4ccccc4)c4ccccc4C#N)c4ccccc4c31)O2. The zero-order valence-electron chi connectivity index (χ0n) is 31.6. The average molecular weight is 755 g/mol. The number of ether oxygens (including phenoxy) is 2. The number of para-hydroxylation sites is 4. The van der Waals surface area contributed by atoms with Crippen molar-refractivity contribution < 1.29 is 9.47 Å². The summed E-state index contributed by atoms with van der Waals surface area (Å²) in [5.74, 6) is 2.94. The summed E-state index contributed by atoms with van der Waals surface area (Å²) in [4.78, 5) is 4.32. The van der Waals surface area contributed by atoms with Gasteiger partial charge in [-0.2, -0.15) is 10.5 Å². The van der Waals surface area contributed by atoms with Gasteiger partial charge in [-0.15, -0.1) is 0 Å². The Labute approximate surface area is 341 Å². The monoisotopic (exact) mass is 754 g/mol. The second-order valence-electron chi connectivity index (χ2n) is 14.6. The van der Waals surface area contributed by atoms with E-state index in [1.54, 1.807) is 0 Å². The quantitative estimate of drug-likeness (QED) is 0.157. The molecule has 7 heteroatoms. The molecule has 6 nitrogen and oxygen atoms in total. The summed E-state index contributed by atoms with van der Waals surface area (Å²) in [5.41, 5.74) is 9.41. The smallest absolute Gasteiger partial charge is 0.262 e. The molecule has 0 unspecified atom stereocenters. The molecule has 274 valence electrons. The van der Waals surface area contributed by atoms with Crippen molar-refractivity contribution in [2.24, 2.45) is 0 Å². The molecule has 0 aliphatic carbocycles. The maximum absolute atomic E-state index is 10.3. The molecule has 9 aromatic rings. The molecular formula is C52H31BN4O2. The number of hydrogen-bond donors (Lipinski definition) is 0. The predicted molar refractivity (Wildman–Crippen MR) is 238 cm³/mol. The first kappa shape index (κ1) is 34.0. The van der Waals surface area contributed by atoms with Crippen LogP contribution in [0.1, 0.15) is 11.1 Å². The van der Waals surface area contributed by atoms with Crippen molar-refractivity contribution in [2.75, 3.05) is 9.80 Å². The lowest BCUT2D eigenvalue weighted by atomic mass is 9.33. The Morgan fingerprint density at radius 2 is 0.746 bits per heavy atom. The van der Waals surface area contributed by atoms with Crippen LogP contribution in [-0.4, -0.2) is 6.71 Å². The van der Waals surface area contributed by atoms with E-state index in [4.69, 9.17) is 9.47 Å². The highest BCUT2D eigenvalue weighted by Crippen LogP contribution is 2.47. The lowest BCUT2D eigenvalue weighted by molar-refractivity contribution is 0.465. The van der Waals surface area contributed by atoms with Gasteiger partial charge in [-0.05, 0) is 82.4 Å². The van der Waals surface area contributed by atoms with E-state index in [9.17, 15) is 10.5 Å². The van der Waals surface area contributed by atoms with Gasteiger partial charge in [0.2, 0.25) is 0 Å². The summed E-state index contributed by atoms with van der Waals surface area (Å²) in [5, 5.41) is 24.8. The molecular weight excluding hydrogens is 723 g/mol. The molecule has 0 saturated carbocycles. The van der Waals surface area contributed by atoms with Crippen LogP contribution in [0, 0.1) is 22.7 Å². The second-order valence-corrected chi connectivity index (χ2v) is 14.6. The number of nitriles is 2. The van der Waals surface area contributed by atoms with Crippen LogP contribution >= 0.6 is 0 Å². The summed E-state index contributed by atoms with van der Waals surface area (Å²) in [7, 11) is 0. The molecule has 0 N–H and O–H groups in total. The number of hydrogen-bond acceptors (Lipinski definition) is 6. The van der Waals surface area contributed by atoms with E-state index >= 15 is 0 Å². The van der Waals surface area contributed by atoms with Gasteiger partial charge in [-0.3, -0.25) is 0 Å². The average Bonchev–Trinajstić information content (AvgIpc) is 3.30. The minimum Gasteiger partial charge on any atom is -0.458 e. The van der Waals surface area contributed by atoms with Gasteiger partial charge in [0.05, 0.1) is 33.9 Å². The number of anilines is 6. The zero-order chi connectivity index (χ0) is 39.5. The number of rotatable bonds is 6. The third-order valence-corrected chi connectivity index (χ3v) is 11.4. The molecule has 0 amide bonds. The van der Waals surface area contributed by atoms with Crippen molar-refractivity contribution in [3.8, 4) is 35.1 Å². The molecule has 0 saturated heterocycles. The fourth-order valence-corrected chi connectivity index (χ4v) is 8.99. The lowest BCUT2D eigenvalue weighted by Crippen LogP contribution is -2.58. The van der Waals surface area contributed by atoms with Crippen LogP contribution in [0.5, 0.6) is 23.0 Å². The van der Waals surface area contributed by atoms with Gasteiger partial charge in [0.15, 0.2) is 0 Å². The lowest BCUT2D eigenvalue weighted by Gasteiger charge is -2.37. The highest BCUT2D eigenvalue weighted by molar-refractivity contribution is 7.01. The van der Waals surface area contributed by atoms with Gasteiger partial charge in [-0.1, -0.05) is 115 Å². The zero-order valence-corrected chi connectivity index (χ0v) is 31.6. The van der Waals surface area contributed by atoms with E-state index in [1.165, 1.54) is 0 Å². The van der Waals surface area contributed by atoms with Crippen molar-refractivity contribution >= 4 is 78.8 Å². The van der Waals surface area contributed by atoms with E-state index in [2.05, 4.69) is 107 Å².